The minimum absolute atomic E-state index is 0.199. The molecule has 84 valence electrons. The van der Waals surface area contributed by atoms with Crippen LogP contribution in [0.1, 0.15) is 37.3 Å². The average molecular weight is 216 g/mol. The van der Waals surface area contributed by atoms with Crippen molar-refractivity contribution in [2.45, 2.75) is 25.9 Å². The van der Waals surface area contributed by atoms with Gasteiger partial charge in [0, 0.05) is 30.8 Å². The number of aromatic nitrogens is 3. The van der Waals surface area contributed by atoms with Crippen LogP contribution < -0.4 is 5.32 Å². The number of rotatable bonds is 4. The first-order valence-electron chi connectivity index (χ1n) is 5.42. The predicted molar refractivity (Wildman–Crippen MR) is 62.8 cm³/mol. The monoisotopic (exact) mass is 216 g/mol. The normalized spacial score (nSPS) is 14.6. The molecule has 0 fully saturated rings. The highest BCUT2D eigenvalue weighted by Crippen LogP contribution is 2.15. The topological polar surface area (TPSA) is 53.6 Å². The third-order valence-corrected chi connectivity index (χ3v) is 2.61. The average Bonchev–Trinajstić information content (AvgIpc) is 2.83. The Morgan fingerprint density at radius 2 is 2.12 bits per heavy atom. The van der Waals surface area contributed by atoms with Gasteiger partial charge in [-0.1, -0.05) is 6.07 Å². The van der Waals surface area contributed by atoms with Crippen molar-refractivity contribution in [2.75, 3.05) is 0 Å². The standard InChI is InChI=1S/C12H16N4/c1-9(11-4-3-5-13-8-11)16-10(2)12-14-6-7-15-12/h3-10,16H,1-2H3,(H,14,15). The van der Waals surface area contributed by atoms with Crippen LogP contribution in [0.25, 0.3) is 0 Å². The van der Waals surface area contributed by atoms with Crippen molar-refractivity contribution in [3.8, 4) is 0 Å². The number of aromatic amines is 1. The van der Waals surface area contributed by atoms with Crippen LogP contribution >= 0.6 is 0 Å². The first kappa shape index (κ1) is 10.8. The van der Waals surface area contributed by atoms with E-state index in [-0.39, 0.29) is 12.1 Å². The van der Waals surface area contributed by atoms with Gasteiger partial charge in [-0.25, -0.2) is 4.98 Å². The lowest BCUT2D eigenvalue weighted by Gasteiger charge is -2.18. The summed E-state index contributed by atoms with van der Waals surface area (Å²) in [5.74, 6) is 0.954. The lowest BCUT2D eigenvalue weighted by atomic mass is 10.1. The van der Waals surface area contributed by atoms with Gasteiger partial charge in [-0.05, 0) is 25.5 Å². The Morgan fingerprint density at radius 3 is 2.75 bits per heavy atom. The largest absolute Gasteiger partial charge is 0.347 e. The highest BCUT2D eigenvalue weighted by Gasteiger charge is 2.12. The van der Waals surface area contributed by atoms with E-state index in [1.54, 1.807) is 12.4 Å². The second-order valence-corrected chi connectivity index (χ2v) is 3.87. The van der Waals surface area contributed by atoms with E-state index in [4.69, 9.17) is 0 Å². The Bertz CT molecular complexity index is 410. The Morgan fingerprint density at radius 1 is 1.25 bits per heavy atom. The van der Waals surface area contributed by atoms with Gasteiger partial charge in [0.1, 0.15) is 5.82 Å². The van der Waals surface area contributed by atoms with Gasteiger partial charge in [0.2, 0.25) is 0 Å². The van der Waals surface area contributed by atoms with E-state index in [9.17, 15) is 0 Å². The number of hydrogen-bond donors (Lipinski definition) is 2. The summed E-state index contributed by atoms with van der Waals surface area (Å²) in [6, 6.07) is 4.48. The Kier molecular flexibility index (Phi) is 3.31. The highest BCUT2D eigenvalue weighted by atomic mass is 15.0. The molecule has 0 amide bonds. The van der Waals surface area contributed by atoms with Crippen LogP contribution in [0.2, 0.25) is 0 Å². The van der Waals surface area contributed by atoms with Crippen molar-refractivity contribution in [3.63, 3.8) is 0 Å². The van der Waals surface area contributed by atoms with Crippen LogP contribution in [0.5, 0.6) is 0 Å². The van der Waals surface area contributed by atoms with E-state index in [0.29, 0.717) is 0 Å². The summed E-state index contributed by atoms with van der Waals surface area (Å²) in [4.78, 5) is 11.4. The Balaban J connectivity index is 2.00. The quantitative estimate of drug-likeness (QED) is 0.824. The van der Waals surface area contributed by atoms with E-state index in [0.717, 1.165) is 5.82 Å². The molecule has 0 radical (unpaired) electrons. The molecule has 16 heavy (non-hydrogen) atoms. The molecule has 2 rings (SSSR count). The molecule has 0 saturated heterocycles. The van der Waals surface area contributed by atoms with E-state index in [1.165, 1.54) is 5.56 Å². The van der Waals surface area contributed by atoms with Gasteiger partial charge in [0.25, 0.3) is 0 Å². The van der Waals surface area contributed by atoms with E-state index in [1.807, 2.05) is 18.5 Å². The maximum atomic E-state index is 4.23. The number of nitrogens with one attached hydrogen (secondary N) is 2. The van der Waals surface area contributed by atoms with Gasteiger partial charge in [0.05, 0.1) is 6.04 Å². The molecule has 2 heterocycles. The zero-order chi connectivity index (χ0) is 11.4. The van der Waals surface area contributed by atoms with E-state index >= 15 is 0 Å². The second kappa shape index (κ2) is 4.90. The number of pyridine rings is 1. The molecule has 2 unspecified atom stereocenters. The molecule has 4 heteroatoms. The minimum atomic E-state index is 0.199. The molecule has 0 aliphatic carbocycles. The SMILES string of the molecule is CC(NC(C)c1ncc[nH]1)c1cccnc1. The fraction of sp³-hybridized carbons (Fsp3) is 0.333. The summed E-state index contributed by atoms with van der Waals surface area (Å²) in [5, 5.41) is 3.46. The van der Waals surface area contributed by atoms with Gasteiger partial charge in [0.15, 0.2) is 0 Å². The number of imidazole rings is 1. The molecule has 2 aromatic rings. The zero-order valence-corrected chi connectivity index (χ0v) is 9.51. The molecule has 2 atom stereocenters. The molecule has 0 aliphatic heterocycles. The molecule has 4 nitrogen and oxygen atoms in total. The molecular formula is C12H16N4. The van der Waals surface area contributed by atoms with Crippen LogP contribution in [0.4, 0.5) is 0 Å². The smallest absolute Gasteiger partial charge is 0.122 e. The molecule has 0 bridgehead atoms. The summed E-state index contributed by atoms with van der Waals surface area (Å²) in [6.07, 6.45) is 7.27. The van der Waals surface area contributed by atoms with Crippen molar-refractivity contribution in [3.05, 3.63) is 48.3 Å². The van der Waals surface area contributed by atoms with Crippen LogP contribution in [0.3, 0.4) is 0 Å². The molecular weight excluding hydrogens is 200 g/mol. The predicted octanol–water partition coefficient (Wildman–Crippen LogP) is 2.22. The lowest BCUT2D eigenvalue weighted by Crippen LogP contribution is -2.23. The van der Waals surface area contributed by atoms with Crippen molar-refractivity contribution >= 4 is 0 Å². The summed E-state index contributed by atoms with van der Waals surface area (Å²) in [7, 11) is 0. The van der Waals surface area contributed by atoms with Gasteiger partial charge in [-0.2, -0.15) is 0 Å². The maximum absolute atomic E-state index is 4.23. The fourth-order valence-corrected chi connectivity index (χ4v) is 1.70. The highest BCUT2D eigenvalue weighted by molar-refractivity contribution is 5.13. The third-order valence-electron chi connectivity index (χ3n) is 2.61. The zero-order valence-electron chi connectivity index (χ0n) is 9.51. The number of H-pyrrole nitrogens is 1. The van der Waals surface area contributed by atoms with E-state index in [2.05, 4.69) is 40.2 Å². The van der Waals surface area contributed by atoms with Crippen molar-refractivity contribution in [1.29, 1.82) is 0 Å². The second-order valence-electron chi connectivity index (χ2n) is 3.87. The van der Waals surface area contributed by atoms with Crippen molar-refractivity contribution in [1.82, 2.24) is 20.3 Å². The third kappa shape index (κ3) is 2.46. The summed E-state index contributed by atoms with van der Waals surface area (Å²) in [5.41, 5.74) is 1.18. The van der Waals surface area contributed by atoms with Gasteiger partial charge >= 0.3 is 0 Å². The number of hydrogen-bond acceptors (Lipinski definition) is 3. The Labute approximate surface area is 95.1 Å². The van der Waals surface area contributed by atoms with Crippen LogP contribution in [0.15, 0.2) is 36.9 Å². The van der Waals surface area contributed by atoms with Crippen molar-refractivity contribution < 1.29 is 0 Å². The minimum Gasteiger partial charge on any atom is -0.347 e. The molecule has 0 spiro atoms. The summed E-state index contributed by atoms with van der Waals surface area (Å²) < 4.78 is 0. The molecule has 2 N–H and O–H groups in total. The maximum Gasteiger partial charge on any atom is 0.122 e. The van der Waals surface area contributed by atoms with Crippen molar-refractivity contribution in [2.24, 2.45) is 0 Å². The first-order valence-corrected chi connectivity index (χ1v) is 5.42. The van der Waals surface area contributed by atoms with E-state index < -0.39 is 0 Å². The number of nitrogens with zero attached hydrogens (tertiary/aromatic N) is 2. The summed E-state index contributed by atoms with van der Waals surface area (Å²) >= 11 is 0. The summed E-state index contributed by atoms with van der Waals surface area (Å²) in [6.45, 7) is 4.21. The molecule has 0 saturated carbocycles. The van der Waals surface area contributed by atoms with Gasteiger partial charge in [-0.15, -0.1) is 0 Å². The molecule has 0 aliphatic rings. The van der Waals surface area contributed by atoms with Gasteiger partial charge < -0.3 is 10.3 Å². The molecule has 0 aromatic carbocycles. The van der Waals surface area contributed by atoms with Crippen LogP contribution in [0, 0.1) is 0 Å². The fourth-order valence-electron chi connectivity index (χ4n) is 1.70. The first-order chi connectivity index (χ1) is 7.77. The van der Waals surface area contributed by atoms with Crippen LogP contribution in [-0.2, 0) is 0 Å². The lowest BCUT2D eigenvalue weighted by molar-refractivity contribution is 0.478. The van der Waals surface area contributed by atoms with Gasteiger partial charge in [-0.3, -0.25) is 4.98 Å². The Hall–Kier alpha value is -1.68. The molecule has 2 aromatic heterocycles. The van der Waals surface area contributed by atoms with Crippen LogP contribution in [-0.4, -0.2) is 15.0 Å².